The topological polar surface area (TPSA) is 71.3 Å². The molecule has 0 aliphatic rings. The summed E-state index contributed by atoms with van der Waals surface area (Å²) >= 11 is 5.93. The average Bonchev–Trinajstić information content (AvgIpc) is 2.50. The normalized spacial score (nSPS) is 11.1. The van der Waals surface area contributed by atoms with E-state index in [4.69, 9.17) is 11.6 Å². The number of nitro groups is 1. The Labute approximate surface area is 134 Å². The van der Waals surface area contributed by atoms with Crippen LogP contribution in [0, 0.1) is 10.1 Å². The van der Waals surface area contributed by atoms with Crippen LogP contribution < -0.4 is 5.32 Å². The number of nitro benzene ring substituents is 1. The second-order valence-corrected chi connectivity index (χ2v) is 5.30. The number of hydrogen-bond donors (Lipinski definition) is 1. The van der Waals surface area contributed by atoms with Crippen LogP contribution in [0.5, 0.6) is 0 Å². The molecule has 0 bridgehead atoms. The average molecular weight is 323 g/mol. The third kappa shape index (κ3) is 3.64. The fourth-order valence-electron chi connectivity index (χ4n) is 2.34. The largest absolute Gasteiger partial charge is 0.383 e. The fraction of sp³-hybridized carbons (Fsp3) is 0.400. The first-order valence-electron chi connectivity index (χ1n) is 7.25. The van der Waals surface area contributed by atoms with Gasteiger partial charge in [-0.05, 0) is 25.2 Å². The Morgan fingerprint density at radius 1 is 1.36 bits per heavy atom. The lowest BCUT2D eigenvalue weighted by molar-refractivity contribution is -0.384. The predicted octanol–water partition coefficient (Wildman–Crippen LogP) is 3.55. The maximum atomic E-state index is 11.0. The van der Waals surface area contributed by atoms with Gasteiger partial charge in [-0.2, -0.15) is 0 Å². The predicted molar refractivity (Wildman–Crippen MR) is 89.7 cm³/mol. The highest BCUT2D eigenvalue weighted by molar-refractivity contribution is 6.33. The number of pyridine rings is 1. The molecule has 0 saturated carbocycles. The van der Waals surface area contributed by atoms with Crippen molar-refractivity contribution in [2.45, 2.75) is 13.8 Å². The number of likely N-dealkylation sites (N-methyl/N-ethyl adjacent to an activating group) is 1. The van der Waals surface area contributed by atoms with Crippen molar-refractivity contribution in [2.24, 2.45) is 0 Å². The standard InChI is InChI=1S/C15H19ClN4O2/c1-3-19(4-2)8-7-18-13-5-6-17-14-10-12(16)15(20(21)22)9-11(13)14/h5-6,9-10H,3-4,7-8H2,1-2H3,(H,17,18). The number of anilines is 1. The molecule has 0 amide bonds. The van der Waals surface area contributed by atoms with E-state index in [1.165, 1.54) is 12.1 Å². The van der Waals surface area contributed by atoms with Crippen molar-refractivity contribution in [2.75, 3.05) is 31.5 Å². The van der Waals surface area contributed by atoms with Crippen LogP contribution in [0.4, 0.5) is 11.4 Å². The monoisotopic (exact) mass is 322 g/mol. The number of nitrogens with one attached hydrogen (secondary N) is 1. The molecule has 2 rings (SSSR count). The molecular formula is C15H19ClN4O2. The number of aromatic nitrogens is 1. The molecule has 22 heavy (non-hydrogen) atoms. The molecule has 1 aromatic heterocycles. The molecule has 0 unspecified atom stereocenters. The van der Waals surface area contributed by atoms with Crippen LogP contribution in [0.1, 0.15) is 13.8 Å². The summed E-state index contributed by atoms with van der Waals surface area (Å²) < 4.78 is 0. The second-order valence-electron chi connectivity index (χ2n) is 4.89. The summed E-state index contributed by atoms with van der Waals surface area (Å²) in [5, 5.41) is 15.2. The van der Waals surface area contributed by atoms with Gasteiger partial charge in [0.2, 0.25) is 0 Å². The van der Waals surface area contributed by atoms with Crippen molar-refractivity contribution < 1.29 is 4.92 Å². The van der Waals surface area contributed by atoms with Gasteiger partial charge in [-0.15, -0.1) is 0 Å². The van der Waals surface area contributed by atoms with Gasteiger partial charge in [0.15, 0.2) is 0 Å². The summed E-state index contributed by atoms with van der Waals surface area (Å²) in [6.45, 7) is 7.91. The number of nitrogens with zero attached hydrogens (tertiary/aromatic N) is 3. The van der Waals surface area contributed by atoms with Crippen LogP contribution >= 0.6 is 11.6 Å². The smallest absolute Gasteiger partial charge is 0.288 e. The molecule has 1 N–H and O–H groups in total. The van der Waals surface area contributed by atoms with Gasteiger partial charge in [0.1, 0.15) is 5.02 Å². The van der Waals surface area contributed by atoms with E-state index in [0.717, 1.165) is 31.9 Å². The summed E-state index contributed by atoms with van der Waals surface area (Å²) in [6.07, 6.45) is 1.67. The van der Waals surface area contributed by atoms with Crippen LogP contribution in [0.3, 0.4) is 0 Å². The highest BCUT2D eigenvalue weighted by atomic mass is 35.5. The lowest BCUT2D eigenvalue weighted by Gasteiger charge is -2.18. The second kappa shape index (κ2) is 7.38. The first-order chi connectivity index (χ1) is 10.6. The van der Waals surface area contributed by atoms with E-state index < -0.39 is 4.92 Å². The number of hydrogen-bond acceptors (Lipinski definition) is 5. The Bertz CT molecular complexity index is 674. The van der Waals surface area contributed by atoms with Crippen LogP contribution in [0.15, 0.2) is 24.4 Å². The minimum Gasteiger partial charge on any atom is -0.383 e. The molecule has 0 aliphatic carbocycles. The molecule has 1 heterocycles. The van der Waals surface area contributed by atoms with Crippen LogP contribution in [0.2, 0.25) is 5.02 Å². The van der Waals surface area contributed by atoms with Gasteiger partial charge in [-0.1, -0.05) is 25.4 Å². The zero-order valence-electron chi connectivity index (χ0n) is 12.7. The zero-order chi connectivity index (χ0) is 16.1. The number of halogens is 1. The third-order valence-electron chi connectivity index (χ3n) is 3.64. The zero-order valence-corrected chi connectivity index (χ0v) is 13.4. The summed E-state index contributed by atoms with van der Waals surface area (Å²) in [7, 11) is 0. The van der Waals surface area contributed by atoms with Crippen LogP contribution in [0.25, 0.3) is 10.9 Å². The molecule has 1 aromatic carbocycles. The molecule has 0 spiro atoms. The Hall–Kier alpha value is -1.92. The van der Waals surface area contributed by atoms with E-state index in [1.807, 2.05) is 6.07 Å². The first kappa shape index (κ1) is 16.5. The van der Waals surface area contributed by atoms with E-state index >= 15 is 0 Å². The SMILES string of the molecule is CCN(CC)CCNc1ccnc2cc(Cl)c([N+](=O)[O-])cc12. The molecule has 7 heteroatoms. The van der Waals surface area contributed by atoms with Crippen molar-refractivity contribution in [3.63, 3.8) is 0 Å². The Morgan fingerprint density at radius 3 is 2.73 bits per heavy atom. The quantitative estimate of drug-likeness (QED) is 0.623. The van der Waals surface area contributed by atoms with Crippen molar-refractivity contribution in [1.29, 1.82) is 0 Å². The molecule has 2 aromatic rings. The number of benzene rings is 1. The molecule has 0 fully saturated rings. The summed E-state index contributed by atoms with van der Waals surface area (Å²) in [5.74, 6) is 0. The first-order valence-corrected chi connectivity index (χ1v) is 7.63. The van der Waals surface area contributed by atoms with Gasteiger partial charge in [-0.3, -0.25) is 15.1 Å². The summed E-state index contributed by atoms with van der Waals surface area (Å²) in [6, 6.07) is 4.83. The van der Waals surface area contributed by atoms with Gasteiger partial charge in [0.05, 0.1) is 10.4 Å². The molecule has 0 radical (unpaired) electrons. The number of fused-ring (bicyclic) bond motifs is 1. The maximum absolute atomic E-state index is 11.0. The third-order valence-corrected chi connectivity index (χ3v) is 3.95. The molecule has 0 aliphatic heterocycles. The molecule has 0 atom stereocenters. The summed E-state index contributed by atoms with van der Waals surface area (Å²) in [5.41, 5.74) is 1.37. The Morgan fingerprint density at radius 2 is 2.09 bits per heavy atom. The van der Waals surface area contributed by atoms with E-state index in [2.05, 4.69) is 29.0 Å². The molecule has 0 saturated heterocycles. The van der Waals surface area contributed by atoms with E-state index in [0.29, 0.717) is 10.9 Å². The van der Waals surface area contributed by atoms with E-state index in [-0.39, 0.29) is 10.7 Å². The van der Waals surface area contributed by atoms with E-state index in [9.17, 15) is 10.1 Å². The van der Waals surface area contributed by atoms with Gasteiger partial charge in [-0.25, -0.2) is 0 Å². The summed E-state index contributed by atoms with van der Waals surface area (Å²) in [4.78, 5) is 17.1. The molecular weight excluding hydrogens is 304 g/mol. The van der Waals surface area contributed by atoms with Crippen LogP contribution in [-0.4, -0.2) is 41.0 Å². The van der Waals surface area contributed by atoms with Gasteiger partial charge < -0.3 is 10.2 Å². The number of rotatable bonds is 7. The van der Waals surface area contributed by atoms with Gasteiger partial charge in [0.25, 0.3) is 5.69 Å². The van der Waals surface area contributed by atoms with Crippen molar-refractivity contribution in [3.8, 4) is 0 Å². The van der Waals surface area contributed by atoms with Gasteiger partial charge >= 0.3 is 0 Å². The highest BCUT2D eigenvalue weighted by Crippen LogP contribution is 2.32. The highest BCUT2D eigenvalue weighted by Gasteiger charge is 2.15. The fourth-order valence-corrected chi connectivity index (χ4v) is 2.57. The van der Waals surface area contributed by atoms with E-state index in [1.54, 1.807) is 6.20 Å². The maximum Gasteiger partial charge on any atom is 0.288 e. The lowest BCUT2D eigenvalue weighted by Crippen LogP contribution is -2.28. The molecule has 6 nitrogen and oxygen atoms in total. The van der Waals surface area contributed by atoms with Crippen molar-refractivity contribution in [3.05, 3.63) is 39.5 Å². The van der Waals surface area contributed by atoms with Crippen molar-refractivity contribution in [1.82, 2.24) is 9.88 Å². The van der Waals surface area contributed by atoms with Gasteiger partial charge in [0, 0.05) is 36.4 Å². The molecule has 118 valence electrons. The minimum atomic E-state index is -0.478. The van der Waals surface area contributed by atoms with Crippen molar-refractivity contribution >= 4 is 33.9 Å². The lowest BCUT2D eigenvalue weighted by atomic mass is 10.1. The van der Waals surface area contributed by atoms with Crippen LogP contribution in [-0.2, 0) is 0 Å². The Balaban J connectivity index is 2.26. The minimum absolute atomic E-state index is 0.102. The Kier molecular flexibility index (Phi) is 5.51.